The van der Waals surface area contributed by atoms with Crippen molar-refractivity contribution in [3.8, 4) is 0 Å². The van der Waals surface area contributed by atoms with Crippen LogP contribution in [-0.4, -0.2) is 12.3 Å². The normalized spacial score (nSPS) is 9.00. The minimum absolute atomic E-state index is 0.0746. The first-order valence-corrected chi connectivity index (χ1v) is 3.76. The lowest BCUT2D eigenvalue weighted by molar-refractivity contribution is -0.114. The van der Waals surface area contributed by atoms with Crippen LogP contribution >= 0.6 is 22.9 Å². The summed E-state index contributed by atoms with van der Waals surface area (Å²) in [6, 6.07) is 0. The van der Waals surface area contributed by atoms with Crippen molar-refractivity contribution < 1.29 is 4.79 Å². The third-order valence-corrected chi connectivity index (χ3v) is 1.46. The molecule has 0 radical (unpaired) electrons. The summed E-state index contributed by atoms with van der Waals surface area (Å²) < 4.78 is 2.68. The summed E-state index contributed by atoms with van der Waals surface area (Å²) >= 11 is 1.88. The first-order chi connectivity index (χ1) is 4.59. The van der Waals surface area contributed by atoms with Crippen molar-refractivity contribution in [3.05, 3.63) is 11.4 Å². The molecule has 0 saturated heterocycles. The lowest BCUT2D eigenvalue weighted by Gasteiger charge is -1.99. The second-order valence-electron chi connectivity index (χ2n) is 1.81. The smallest absolute Gasteiger partial charge is 0.176 e. The molecular formula is C5H10IN3O. The number of carbonyl (C=O) groups excluding carboxylic acids is 1. The minimum atomic E-state index is -0.0746. The average Bonchev–Trinajstić information content (AvgIpc) is 1.87. The maximum atomic E-state index is 10.9. The highest BCUT2D eigenvalue weighted by Crippen LogP contribution is 1.93. The largest absolute Gasteiger partial charge is 0.385 e. The second kappa shape index (κ2) is 4.51. The maximum absolute atomic E-state index is 10.9. The van der Waals surface area contributed by atoms with E-state index in [2.05, 4.69) is 3.53 Å². The molecule has 0 saturated carbocycles. The molecule has 0 rings (SSSR count). The maximum Gasteiger partial charge on any atom is 0.176 e. The molecule has 0 heterocycles. The molecule has 0 unspecified atom stereocenters. The van der Waals surface area contributed by atoms with Crippen LogP contribution in [0.3, 0.4) is 0 Å². The van der Waals surface area contributed by atoms with Gasteiger partial charge in [-0.15, -0.1) is 0 Å². The van der Waals surface area contributed by atoms with Gasteiger partial charge in [0.2, 0.25) is 0 Å². The van der Waals surface area contributed by atoms with Gasteiger partial charge in [-0.2, -0.15) is 0 Å². The molecule has 5 N–H and O–H groups in total. The highest BCUT2D eigenvalue weighted by molar-refractivity contribution is 14.1. The Morgan fingerprint density at radius 3 is 2.40 bits per heavy atom. The van der Waals surface area contributed by atoms with E-state index < -0.39 is 0 Å². The van der Waals surface area contributed by atoms with Crippen LogP contribution in [0.15, 0.2) is 11.4 Å². The number of hydrogen-bond acceptors (Lipinski definition) is 4. The van der Waals surface area contributed by atoms with Crippen LogP contribution in [0.4, 0.5) is 0 Å². The summed E-state index contributed by atoms with van der Waals surface area (Å²) in [6.45, 7) is 1.87. The molecule has 0 aliphatic carbocycles. The van der Waals surface area contributed by atoms with Crippen LogP contribution in [0.2, 0.25) is 0 Å². The lowest BCUT2D eigenvalue weighted by atomic mass is 10.2. The molecule has 0 aliphatic rings. The zero-order chi connectivity index (χ0) is 8.15. The zero-order valence-electron chi connectivity index (χ0n) is 5.65. The van der Waals surface area contributed by atoms with E-state index in [1.165, 1.54) is 0 Å². The molecule has 5 heteroatoms. The van der Waals surface area contributed by atoms with Crippen LogP contribution in [0.5, 0.6) is 0 Å². The molecule has 0 bridgehead atoms. The predicted molar refractivity (Wildman–Crippen MR) is 48.1 cm³/mol. The highest BCUT2D eigenvalue weighted by Gasteiger charge is 2.04. The molecule has 0 atom stereocenters. The molecule has 0 aromatic heterocycles. The number of Topliss-reactive ketones (excluding diaryl/α,β-unsaturated/α-hetero) is 1. The average molecular weight is 255 g/mol. The minimum Gasteiger partial charge on any atom is -0.385 e. The molecule has 4 nitrogen and oxygen atoms in total. The van der Waals surface area contributed by atoms with Gasteiger partial charge in [0, 0.05) is 28.4 Å². The molecule has 0 fully saturated rings. The van der Waals surface area contributed by atoms with Gasteiger partial charge in [-0.1, -0.05) is 0 Å². The predicted octanol–water partition coefficient (Wildman–Crippen LogP) is -0.356. The van der Waals surface area contributed by atoms with Crippen molar-refractivity contribution in [1.29, 1.82) is 0 Å². The van der Waals surface area contributed by atoms with Gasteiger partial charge in [-0.25, -0.2) is 0 Å². The molecule has 10 heavy (non-hydrogen) atoms. The van der Waals surface area contributed by atoms with Crippen molar-refractivity contribution in [2.75, 3.05) is 6.54 Å². The summed E-state index contributed by atoms with van der Waals surface area (Å²) in [5.41, 5.74) is 10.8. The van der Waals surface area contributed by atoms with Crippen molar-refractivity contribution in [3.63, 3.8) is 0 Å². The van der Waals surface area contributed by atoms with Crippen LogP contribution in [0.25, 0.3) is 0 Å². The van der Waals surface area contributed by atoms with Crippen molar-refractivity contribution in [1.82, 2.24) is 3.53 Å². The Hall–Kier alpha value is -0.300. The number of rotatable bonds is 3. The van der Waals surface area contributed by atoms with E-state index in [9.17, 15) is 4.79 Å². The third-order valence-electron chi connectivity index (χ3n) is 1.08. The van der Waals surface area contributed by atoms with Gasteiger partial charge in [0.25, 0.3) is 0 Å². The van der Waals surface area contributed by atoms with Gasteiger partial charge in [0.1, 0.15) is 0 Å². The van der Waals surface area contributed by atoms with Crippen molar-refractivity contribution in [2.24, 2.45) is 11.5 Å². The second-order valence-corrected chi connectivity index (χ2v) is 2.58. The fourth-order valence-corrected chi connectivity index (χ4v) is 0.701. The molecule has 0 amide bonds. The fraction of sp³-hybridized carbons (Fsp3) is 0.400. The Morgan fingerprint density at radius 2 is 2.10 bits per heavy atom. The molecule has 0 aliphatic heterocycles. The van der Waals surface area contributed by atoms with Crippen molar-refractivity contribution in [2.45, 2.75) is 6.92 Å². The van der Waals surface area contributed by atoms with Gasteiger partial charge >= 0.3 is 0 Å². The van der Waals surface area contributed by atoms with Gasteiger partial charge in [-0.05, 0) is 6.92 Å². The van der Waals surface area contributed by atoms with E-state index in [4.69, 9.17) is 11.5 Å². The Balaban J connectivity index is 4.09. The Morgan fingerprint density at radius 1 is 1.60 bits per heavy atom. The van der Waals surface area contributed by atoms with E-state index in [1.54, 1.807) is 6.92 Å². The highest BCUT2D eigenvalue weighted by atomic mass is 127. The molecular weight excluding hydrogens is 245 g/mol. The first kappa shape index (κ1) is 9.70. The zero-order valence-corrected chi connectivity index (χ0v) is 7.81. The van der Waals surface area contributed by atoms with E-state index in [1.807, 2.05) is 22.9 Å². The number of ketones is 1. The number of hydrogen-bond donors (Lipinski definition) is 3. The topological polar surface area (TPSA) is 81.1 Å². The molecule has 0 aromatic rings. The molecule has 58 valence electrons. The quantitative estimate of drug-likeness (QED) is 0.365. The summed E-state index contributed by atoms with van der Waals surface area (Å²) in [5.74, 6) is 0.0195. The van der Waals surface area contributed by atoms with E-state index in [-0.39, 0.29) is 18.1 Å². The number of nitrogens with two attached hydrogens (primary N) is 2. The van der Waals surface area contributed by atoms with Crippen LogP contribution in [0.1, 0.15) is 6.92 Å². The van der Waals surface area contributed by atoms with E-state index >= 15 is 0 Å². The third kappa shape index (κ3) is 3.02. The summed E-state index contributed by atoms with van der Waals surface area (Å²) in [7, 11) is 0. The van der Waals surface area contributed by atoms with Gasteiger partial charge in [0.15, 0.2) is 5.78 Å². The monoisotopic (exact) mass is 255 g/mol. The Kier molecular flexibility index (Phi) is 4.37. The van der Waals surface area contributed by atoms with E-state index in [0.29, 0.717) is 5.57 Å². The lowest BCUT2D eigenvalue weighted by Crippen LogP contribution is -2.21. The fourth-order valence-electron chi connectivity index (χ4n) is 0.354. The number of nitrogens with one attached hydrogen (secondary N) is 1. The SMILES string of the molecule is CC(C(=O)CNI)=C(N)N. The van der Waals surface area contributed by atoms with Gasteiger partial charge in [0.05, 0.1) is 12.4 Å². The standard InChI is InChI=1S/C5H10IN3O/c1-3(5(7)8)4(10)2-9-6/h9H,2,7-8H2,1H3. The first-order valence-electron chi connectivity index (χ1n) is 2.68. The van der Waals surface area contributed by atoms with Crippen LogP contribution < -0.4 is 15.0 Å². The van der Waals surface area contributed by atoms with Crippen LogP contribution in [0, 0.1) is 0 Å². The summed E-state index contributed by atoms with van der Waals surface area (Å²) in [4.78, 5) is 10.9. The Labute approximate surface area is 73.5 Å². The summed E-state index contributed by atoms with van der Waals surface area (Å²) in [6.07, 6.45) is 0. The van der Waals surface area contributed by atoms with Gasteiger partial charge < -0.3 is 11.5 Å². The van der Waals surface area contributed by atoms with Gasteiger partial charge in [-0.3, -0.25) is 8.32 Å². The van der Waals surface area contributed by atoms with Crippen LogP contribution in [-0.2, 0) is 4.79 Å². The number of halogens is 1. The molecule has 0 aromatic carbocycles. The van der Waals surface area contributed by atoms with E-state index in [0.717, 1.165) is 0 Å². The summed E-state index contributed by atoms with van der Waals surface area (Å²) in [5, 5.41) is 0. The Bertz CT molecular complexity index is 162. The number of carbonyl (C=O) groups is 1. The van der Waals surface area contributed by atoms with Crippen molar-refractivity contribution >= 4 is 28.6 Å². The molecule has 0 spiro atoms.